The monoisotopic (exact) mass is 297 g/mol. The fourth-order valence-electron chi connectivity index (χ4n) is 2.07. The molecule has 114 valence electrons. The Bertz CT molecular complexity index is 672. The van der Waals surface area contributed by atoms with Crippen molar-refractivity contribution in [3.8, 4) is 0 Å². The van der Waals surface area contributed by atoms with Crippen molar-refractivity contribution in [3.63, 3.8) is 0 Å². The summed E-state index contributed by atoms with van der Waals surface area (Å²) in [5.41, 5.74) is 1.08. The number of carbonyl (C=O) groups is 2. The van der Waals surface area contributed by atoms with E-state index in [-0.39, 0.29) is 18.2 Å². The minimum absolute atomic E-state index is 0.0268. The third-order valence-corrected chi connectivity index (χ3v) is 2.94. The minimum Gasteiger partial charge on any atom is -0.460 e. The Morgan fingerprint density at radius 2 is 1.77 bits per heavy atom. The SMILES string of the molecule is CC(C)(C)OC(=O)Cc1cnccc1C(=O)c1ccccc1. The summed E-state index contributed by atoms with van der Waals surface area (Å²) in [5.74, 6) is -0.496. The van der Waals surface area contributed by atoms with Crippen LogP contribution in [0.5, 0.6) is 0 Å². The van der Waals surface area contributed by atoms with Crippen molar-refractivity contribution < 1.29 is 14.3 Å². The third-order valence-electron chi connectivity index (χ3n) is 2.94. The summed E-state index contributed by atoms with van der Waals surface area (Å²) in [5, 5.41) is 0. The van der Waals surface area contributed by atoms with Crippen LogP contribution in [0, 0.1) is 0 Å². The maximum Gasteiger partial charge on any atom is 0.310 e. The largest absolute Gasteiger partial charge is 0.460 e. The van der Waals surface area contributed by atoms with Gasteiger partial charge >= 0.3 is 5.97 Å². The van der Waals surface area contributed by atoms with Crippen LogP contribution in [0.4, 0.5) is 0 Å². The quantitative estimate of drug-likeness (QED) is 0.642. The van der Waals surface area contributed by atoms with Crippen molar-refractivity contribution in [2.24, 2.45) is 0 Å². The molecule has 2 rings (SSSR count). The average Bonchev–Trinajstić information content (AvgIpc) is 2.46. The second kappa shape index (κ2) is 6.52. The minimum atomic E-state index is -0.553. The predicted molar refractivity (Wildman–Crippen MR) is 83.7 cm³/mol. The van der Waals surface area contributed by atoms with Crippen LogP contribution in [0.3, 0.4) is 0 Å². The average molecular weight is 297 g/mol. The van der Waals surface area contributed by atoms with Gasteiger partial charge in [0.2, 0.25) is 0 Å². The highest BCUT2D eigenvalue weighted by Gasteiger charge is 2.20. The molecule has 4 nitrogen and oxygen atoms in total. The Morgan fingerprint density at radius 1 is 1.09 bits per heavy atom. The first kappa shape index (κ1) is 15.9. The first-order valence-corrected chi connectivity index (χ1v) is 7.11. The highest BCUT2D eigenvalue weighted by molar-refractivity contribution is 6.10. The summed E-state index contributed by atoms with van der Waals surface area (Å²) < 4.78 is 5.30. The zero-order chi connectivity index (χ0) is 16.2. The number of ketones is 1. The van der Waals surface area contributed by atoms with Gasteiger partial charge in [0.25, 0.3) is 0 Å². The van der Waals surface area contributed by atoms with Crippen molar-refractivity contribution in [2.45, 2.75) is 32.8 Å². The van der Waals surface area contributed by atoms with E-state index in [1.165, 1.54) is 0 Å². The molecule has 0 spiro atoms. The molecule has 1 aromatic heterocycles. The number of nitrogens with zero attached hydrogens (tertiary/aromatic N) is 1. The van der Waals surface area contributed by atoms with Crippen LogP contribution < -0.4 is 0 Å². The first-order chi connectivity index (χ1) is 10.4. The lowest BCUT2D eigenvalue weighted by atomic mass is 9.98. The molecular weight excluding hydrogens is 278 g/mol. The summed E-state index contributed by atoms with van der Waals surface area (Å²) in [6.45, 7) is 5.43. The van der Waals surface area contributed by atoms with Crippen molar-refractivity contribution >= 4 is 11.8 Å². The standard InChI is InChI=1S/C18H19NO3/c1-18(2,3)22-16(20)11-14-12-19-10-9-15(14)17(21)13-7-5-4-6-8-13/h4-10,12H,11H2,1-3H3. The summed E-state index contributed by atoms with van der Waals surface area (Å²) in [7, 11) is 0. The number of esters is 1. The van der Waals surface area contributed by atoms with Crippen LogP contribution >= 0.6 is 0 Å². The Hall–Kier alpha value is -2.49. The van der Waals surface area contributed by atoms with Gasteiger partial charge in [-0.2, -0.15) is 0 Å². The molecule has 0 amide bonds. The van der Waals surface area contributed by atoms with Gasteiger partial charge in [-0.3, -0.25) is 14.6 Å². The third kappa shape index (κ3) is 4.25. The van der Waals surface area contributed by atoms with Crippen LogP contribution in [-0.2, 0) is 16.0 Å². The number of carbonyl (C=O) groups excluding carboxylic acids is 2. The molecule has 22 heavy (non-hydrogen) atoms. The fraction of sp³-hybridized carbons (Fsp3) is 0.278. The molecule has 0 aliphatic rings. The van der Waals surface area contributed by atoms with E-state index >= 15 is 0 Å². The molecule has 0 unspecified atom stereocenters. The van der Waals surface area contributed by atoms with Crippen molar-refractivity contribution in [1.82, 2.24) is 4.98 Å². The molecule has 0 saturated heterocycles. The van der Waals surface area contributed by atoms with Crippen LogP contribution in [0.15, 0.2) is 48.8 Å². The number of aromatic nitrogens is 1. The van der Waals surface area contributed by atoms with E-state index in [9.17, 15) is 9.59 Å². The van der Waals surface area contributed by atoms with Crippen LogP contribution in [0.2, 0.25) is 0 Å². The van der Waals surface area contributed by atoms with Crippen LogP contribution in [0.1, 0.15) is 42.3 Å². The molecule has 0 N–H and O–H groups in total. The van der Waals surface area contributed by atoms with Crippen molar-refractivity contribution in [1.29, 1.82) is 0 Å². The van der Waals surface area contributed by atoms with Gasteiger partial charge in [-0.05, 0) is 32.4 Å². The second-order valence-electron chi connectivity index (χ2n) is 5.99. The number of hydrogen-bond acceptors (Lipinski definition) is 4. The van der Waals surface area contributed by atoms with E-state index in [0.717, 1.165) is 0 Å². The van der Waals surface area contributed by atoms with Gasteiger partial charge in [-0.25, -0.2) is 0 Å². The van der Waals surface area contributed by atoms with Gasteiger partial charge in [0.15, 0.2) is 5.78 Å². The molecule has 2 aromatic rings. The summed E-state index contributed by atoms with van der Waals surface area (Å²) in [6.07, 6.45) is 3.12. The number of ether oxygens (including phenoxy) is 1. The Kier molecular flexibility index (Phi) is 4.71. The Morgan fingerprint density at radius 3 is 2.41 bits per heavy atom. The molecule has 4 heteroatoms. The molecule has 1 aromatic carbocycles. The Balaban J connectivity index is 2.24. The van der Waals surface area contributed by atoms with E-state index < -0.39 is 5.60 Å². The van der Waals surface area contributed by atoms with E-state index in [2.05, 4.69) is 4.98 Å². The number of benzene rings is 1. The lowest BCUT2D eigenvalue weighted by Crippen LogP contribution is -2.25. The van der Waals surface area contributed by atoms with E-state index in [0.29, 0.717) is 16.7 Å². The highest BCUT2D eigenvalue weighted by Crippen LogP contribution is 2.16. The van der Waals surface area contributed by atoms with Crippen molar-refractivity contribution in [2.75, 3.05) is 0 Å². The summed E-state index contributed by atoms with van der Waals surface area (Å²) in [6, 6.07) is 10.6. The molecule has 0 aliphatic carbocycles. The van der Waals surface area contributed by atoms with Gasteiger partial charge in [0.1, 0.15) is 5.60 Å². The zero-order valence-electron chi connectivity index (χ0n) is 13.0. The summed E-state index contributed by atoms with van der Waals surface area (Å²) in [4.78, 5) is 28.5. The fourth-order valence-corrected chi connectivity index (χ4v) is 2.07. The molecule has 0 saturated carbocycles. The lowest BCUT2D eigenvalue weighted by Gasteiger charge is -2.19. The normalized spacial score (nSPS) is 11.0. The maximum atomic E-state index is 12.6. The molecule has 1 heterocycles. The molecule has 0 aliphatic heterocycles. The van der Waals surface area contributed by atoms with Gasteiger partial charge in [0, 0.05) is 23.5 Å². The van der Waals surface area contributed by atoms with E-state index in [1.807, 2.05) is 39.0 Å². The topological polar surface area (TPSA) is 56.3 Å². The molecule has 0 atom stereocenters. The maximum absolute atomic E-state index is 12.6. The number of hydrogen-bond donors (Lipinski definition) is 0. The van der Waals surface area contributed by atoms with Crippen molar-refractivity contribution in [3.05, 3.63) is 65.5 Å². The molecule has 0 bridgehead atoms. The van der Waals surface area contributed by atoms with E-state index in [4.69, 9.17) is 4.74 Å². The van der Waals surface area contributed by atoms with Gasteiger partial charge in [-0.15, -0.1) is 0 Å². The zero-order valence-corrected chi connectivity index (χ0v) is 13.0. The van der Waals surface area contributed by atoms with Crippen LogP contribution in [-0.4, -0.2) is 22.3 Å². The summed E-state index contributed by atoms with van der Waals surface area (Å²) >= 11 is 0. The van der Waals surface area contributed by atoms with Gasteiger partial charge < -0.3 is 4.74 Å². The molecule has 0 radical (unpaired) electrons. The van der Waals surface area contributed by atoms with E-state index in [1.54, 1.807) is 30.6 Å². The highest BCUT2D eigenvalue weighted by atomic mass is 16.6. The lowest BCUT2D eigenvalue weighted by molar-refractivity contribution is -0.153. The molecule has 0 fully saturated rings. The Labute approximate surface area is 130 Å². The first-order valence-electron chi connectivity index (χ1n) is 7.11. The second-order valence-corrected chi connectivity index (χ2v) is 5.99. The van der Waals surface area contributed by atoms with Gasteiger partial charge in [-0.1, -0.05) is 30.3 Å². The molecular formula is C18H19NO3. The van der Waals surface area contributed by atoms with Crippen LogP contribution in [0.25, 0.3) is 0 Å². The predicted octanol–water partition coefficient (Wildman–Crippen LogP) is 3.20. The smallest absolute Gasteiger partial charge is 0.310 e. The number of rotatable bonds is 4. The van der Waals surface area contributed by atoms with Gasteiger partial charge in [0.05, 0.1) is 6.42 Å². The number of pyridine rings is 1.